The number of piperidine rings is 1. The summed E-state index contributed by atoms with van der Waals surface area (Å²) in [6.45, 7) is 4.85. The Morgan fingerprint density at radius 1 is 1.43 bits per heavy atom. The topological polar surface area (TPSA) is 80.3 Å². The first kappa shape index (κ1) is 13.9. The first-order valence-corrected chi connectivity index (χ1v) is 7.16. The first-order chi connectivity index (χ1) is 10.2. The summed E-state index contributed by atoms with van der Waals surface area (Å²) in [5.74, 6) is 0.807. The molecule has 1 fully saturated rings. The fourth-order valence-corrected chi connectivity index (χ4v) is 2.51. The van der Waals surface area contributed by atoms with Gasteiger partial charge in [0.25, 0.3) is 5.91 Å². The SMILES string of the molecule is CC1(CNC(=O)c2cc(-c3ccco3)on2)CCNCC1. The van der Waals surface area contributed by atoms with Gasteiger partial charge in [-0.3, -0.25) is 4.79 Å². The second-order valence-corrected chi connectivity index (χ2v) is 5.80. The largest absolute Gasteiger partial charge is 0.461 e. The van der Waals surface area contributed by atoms with Gasteiger partial charge in [-0.25, -0.2) is 0 Å². The van der Waals surface area contributed by atoms with Gasteiger partial charge in [0.05, 0.1) is 6.26 Å². The van der Waals surface area contributed by atoms with E-state index in [-0.39, 0.29) is 17.0 Å². The number of hydrogen-bond donors (Lipinski definition) is 2. The van der Waals surface area contributed by atoms with Crippen molar-refractivity contribution in [3.8, 4) is 11.5 Å². The summed E-state index contributed by atoms with van der Waals surface area (Å²) in [5.41, 5.74) is 0.424. The average Bonchev–Trinajstić information content (AvgIpc) is 3.16. The second kappa shape index (κ2) is 5.73. The number of nitrogens with zero attached hydrogens (tertiary/aromatic N) is 1. The van der Waals surface area contributed by atoms with Crippen molar-refractivity contribution in [2.45, 2.75) is 19.8 Å². The molecule has 1 saturated heterocycles. The highest BCUT2D eigenvalue weighted by molar-refractivity contribution is 5.92. The van der Waals surface area contributed by atoms with Gasteiger partial charge in [0.15, 0.2) is 11.5 Å². The fourth-order valence-electron chi connectivity index (χ4n) is 2.51. The Morgan fingerprint density at radius 2 is 2.24 bits per heavy atom. The molecule has 3 heterocycles. The van der Waals surface area contributed by atoms with Gasteiger partial charge in [-0.1, -0.05) is 12.1 Å². The number of nitrogens with one attached hydrogen (secondary N) is 2. The monoisotopic (exact) mass is 289 g/mol. The van der Waals surface area contributed by atoms with E-state index in [1.54, 1.807) is 24.5 Å². The van der Waals surface area contributed by atoms with Crippen LogP contribution in [0, 0.1) is 5.41 Å². The van der Waals surface area contributed by atoms with E-state index in [2.05, 4.69) is 22.7 Å². The summed E-state index contributed by atoms with van der Waals surface area (Å²) >= 11 is 0. The maximum atomic E-state index is 12.1. The van der Waals surface area contributed by atoms with Crippen LogP contribution in [0.2, 0.25) is 0 Å². The van der Waals surface area contributed by atoms with Crippen LogP contribution in [0.4, 0.5) is 0 Å². The molecule has 21 heavy (non-hydrogen) atoms. The van der Waals surface area contributed by atoms with Gasteiger partial charge in [0.2, 0.25) is 5.76 Å². The van der Waals surface area contributed by atoms with Gasteiger partial charge >= 0.3 is 0 Å². The third-order valence-electron chi connectivity index (χ3n) is 3.99. The highest BCUT2D eigenvalue weighted by atomic mass is 16.5. The van der Waals surface area contributed by atoms with Crippen LogP contribution in [0.3, 0.4) is 0 Å². The van der Waals surface area contributed by atoms with Crippen LogP contribution >= 0.6 is 0 Å². The molecule has 0 saturated carbocycles. The smallest absolute Gasteiger partial charge is 0.273 e. The molecule has 0 unspecified atom stereocenters. The molecule has 1 amide bonds. The molecule has 2 aromatic rings. The Balaban J connectivity index is 1.61. The number of hydrogen-bond acceptors (Lipinski definition) is 5. The Labute approximate surface area is 122 Å². The summed E-state index contributed by atoms with van der Waals surface area (Å²) in [4.78, 5) is 12.1. The van der Waals surface area contributed by atoms with Crippen LogP contribution in [0.1, 0.15) is 30.3 Å². The van der Waals surface area contributed by atoms with E-state index in [0.29, 0.717) is 18.1 Å². The lowest BCUT2D eigenvalue weighted by Gasteiger charge is -2.33. The maximum Gasteiger partial charge on any atom is 0.273 e. The van der Waals surface area contributed by atoms with Gasteiger partial charge in [-0.2, -0.15) is 0 Å². The van der Waals surface area contributed by atoms with Crippen molar-refractivity contribution in [3.63, 3.8) is 0 Å². The lowest BCUT2D eigenvalue weighted by molar-refractivity contribution is 0.0913. The molecule has 0 bridgehead atoms. The number of carbonyl (C=O) groups excluding carboxylic acids is 1. The van der Waals surface area contributed by atoms with E-state index in [9.17, 15) is 4.79 Å². The Morgan fingerprint density at radius 3 is 2.95 bits per heavy atom. The maximum absolute atomic E-state index is 12.1. The molecule has 1 aliphatic heterocycles. The molecule has 0 radical (unpaired) electrons. The molecule has 6 nitrogen and oxygen atoms in total. The van der Waals surface area contributed by atoms with E-state index >= 15 is 0 Å². The molecule has 2 aromatic heterocycles. The molecule has 1 aliphatic rings. The quantitative estimate of drug-likeness (QED) is 0.900. The zero-order valence-electron chi connectivity index (χ0n) is 12.0. The van der Waals surface area contributed by atoms with Crippen LogP contribution in [-0.2, 0) is 0 Å². The Hall–Kier alpha value is -2.08. The molecule has 0 atom stereocenters. The predicted molar refractivity (Wildman–Crippen MR) is 76.7 cm³/mol. The summed E-state index contributed by atoms with van der Waals surface area (Å²) in [7, 11) is 0. The molecule has 0 aromatic carbocycles. The average molecular weight is 289 g/mol. The molecule has 0 aliphatic carbocycles. The zero-order chi connectivity index (χ0) is 14.7. The molecule has 0 spiro atoms. The van der Waals surface area contributed by atoms with E-state index in [4.69, 9.17) is 8.94 Å². The minimum atomic E-state index is -0.212. The van der Waals surface area contributed by atoms with Crippen molar-refractivity contribution in [1.29, 1.82) is 0 Å². The van der Waals surface area contributed by atoms with Crippen molar-refractivity contribution in [1.82, 2.24) is 15.8 Å². The van der Waals surface area contributed by atoms with E-state index in [0.717, 1.165) is 25.9 Å². The summed E-state index contributed by atoms with van der Waals surface area (Å²) in [6.07, 6.45) is 3.67. The molecular weight excluding hydrogens is 270 g/mol. The summed E-state index contributed by atoms with van der Waals surface area (Å²) in [5, 5.41) is 10.1. The number of rotatable bonds is 4. The van der Waals surface area contributed by atoms with Crippen molar-refractivity contribution in [2.24, 2.45) is 5.41 Å². The molecular formula is C15H19N3O3. The van der Waals surface area contributed by atoms with Crippen molar-refractivity contribution >= 4 is 5.91 Å². The zero-order valence-corrected chi connectivity index (χ0v) is 12.0. The lowest BCUT2D eigenvalue weighted by Crippen LogP contribution is -2.42. The van der Waals surface area contributed by atoms with Gasteiger partial charge < -0.3 is 19.6 Å². The third kappa shape index (κ3) is 3.16. The van der Waals surface area contributed by atoms with Gasteiger partial charge in [0, 0.05) is 12.6 Å². The lowest BCUT2D eigenvalue weighted by atomic mass is 9.81. The van der Waals surface area contributed by atoms with Crippen LogP contribution in [0.5, 0.6) is 0 Å². The van der Waals surface area contributed by atoms with Crippen molar-refractivity contribution in [2.75, 3.05) is 19.6 Å². The second-order valence-electron chi connectivity index (χ2n) is 5.80. The van der Waals surface area contributed by atoms with Gasteiger partial charge in [0.1, 0.15) is 0 Å². The normalized spacial score (nSPS) is 17.6. The van der Waals surface area contributed by atoms with Gasteiger partial charge in [-0.15, -0.1) is 0 Å². The molecule has 3 rings (SSSR count). The first-order valence-electron chi connectivity index (χ1n) is 7.16. The molecule has 6 heteroatoms. The fraction of sp³-hybridized carbons (Fsp3) is 0.467. The summed E-state index contributed by atoms with van der Waals surface area (Å²) in [6, 6.07) is 5.12. The number of aromatic nitrogens is 1. The van der Waals surface area contributed by atoms with Crippen LogP contribution in [-0.4, -0.2) is 30.7 Å². The summed E-state index contributed by atoms with van der Waals surface area (Å²) < 4.78 is 10.3. The van der Waals surface area contributed by atoms with Crippen molar-refractivity contribution < 1.29 is 13.7 Å². The molecule has 112 valence electrons. The van der Waals surface area contributed by atoms with Crippen LogP contribution in [0.15, 0.2) is 33.4 Å². The highest BCUT2D eigenvalue weighted by Crippen LogP contribution is 2.27. The van der Waals surface area contributed by atoms with Crippen LogP contribution in [0.25, 0.3) is 11.5 Å². The molecule has 2 N–H and O–H groups in total. The van der Waals surface area contributed by atoms with E-state index in [1.807, 2.05) is 0 Å². The third-order valence-corrected chi connectivity index (χ3v) is 3.99. The predicted octanol–water partition coefficient (Wildman–Crippen LogP) is 2.05. The minimum Gasteiger partial charge on any atom is -0.461 e. The number of amides is 1. The van der Waals surface area contributed by atoms with E-state index in [1.165, 1.54) is 0 Å². The van der Waals surface area contributed by atoms with Crippen molar-refractivity contribution in [3.05, 3.63) is 30.2 Å². The van der Waals surface area contributed by atoms with E-state index < -0.39 is 0 Å². The Kier molecular flexibility index (Phi) is 3.79. The van der Waals surface area contributed by atoms with Gasteiger partial charge in [-0.05, 0) is 43.5 Å². The number of carbonyl (C=O) groups is 1. The Bertz CT molecular complexity index is 597. The highest BCUT2D eigenvalue weighted by Gasteiger charge is 2.27. The number of furan rings is 1. The van der Waals surface area contributed by atoms with Crippen LogP contribution < -0.4 is 10.6 Å². The standard InChI is InChI=1S/C15H19N3O3/c1-15(4-6-16-7-5-15)10-17-14(19)11-9-13(21-18-11)12-3-2-8-20-12/h2-3,8-9,16H,4-7,10H2,1H3,(H,17,19). The minimum absolute atomic E-state index is 0.147.